The molecule has 0 saturated carbocycles. The summed E-state index contributed by atoms with van der Waals surface area (Å²) in [6.45, 7) is 6.46. The molecule has 3 unspecified atom stereocenters. The lowest BCUT2D eigenvalue weighted by molar-refractivity contribution is -0.151. The van der Waals surface area contributed by atoms with Crippen LogP contribution in [0.3, 0.4) is 0 Å². The molecule has 0 spiro atoms. The summed E-state index contributed by atoms with van der Waals surface area (Å²) in [6, 6.07) is -0.705. The van der Waals surface area contributed by atoms with Crippen molar-refractivity contribution in [3.05, 3.63) is 36.5 Å². The molecular formula is C56H105NO5. The summed E-state index contributed by atoms with van der Waals surface area (Å²) in [5, 5.41) is 23.8. The quantitative estimate of drug-likeness (QED) is 0.0321. The molecule has 0 aliphatic carbocycles. The zero-order chi connectivity index (χ0) is 45.2. The highest BCUT2D eigenvalue weighted by Gasteiger charge is 2.24. The molecule has 0 aromatic rings. The zero-order valence-corrected chi connectivity index (χ0v) is 41.5. The van der Waals surface area contributed by atoms with Crippen LogP contribution in [-0.4, -0.2) is 46.9 Å². The van der Waals surface area contributed by atoms with Crippen LogP contribution in [0.1, 0.15) is 284 Å². The van der Waals surface area contributed by atoms with Gasteiger partial charge in [-0.15, -0.1) is 0 Å². The van der Waals surface area contributed by atoms with Crippen molar-refractivity contribution in [1.82, 2.24) is 5.32 Å². The fourth-order valence-electron chi connectivity index (χ4n) is 8.28. The lowest BCUT2D eigenvalue weighted by Gasteiger charge is -2.24. The van der Waals surface area contributed by atoms with Crippen LogP contribution in [0.4, 0.5) is 0 Å². The van der Waals surface area contributed by atoms with Gasteiger partial charge in [-0.1, -0.05) is 224 Å². The molecule has 3 atom stereocenters. The third-order valence-electron chi connectivity index (χ3n) is 12.4. The largest absolute Gasteiger partial charge is 0.462 e. The summed E-state index contributed by atoms with van der Waals surface area (Å²) in [5.74, 6) is -0.490. The molecule has 0 bridgehead atoms. The molecule has 6 nitrogen and oxygen atoms in total. The Hall–Kier alpha value is -1.92. The van der Waals surface area contributed by atoms with Crippen LogP contribution in [0.5, 0.6) is 0 Å². The van der Waals surface area contributed by atoms with Crippen molar-refractivity contribution in [3.8, 4) is 0 Å². The van der Waals surface area contributed by atoms with Gasteiger partial charge in [0.1, 0.15) is 6.10 Å². The summed E-state index contributed by atoms with van der Waals surface area (Å²) in [4.78, 5) is 26.2. The van der Waals surface area contributed by atoms with E-state index < -0.39 is 18.2 Å². The predicted molar refractivity (Wildman–Crippen MR) is 269 cm³/mol. The minimum atomic E-state index is -0.790. The number of rotatable bonds is 49. The van der Waals surface area contributed by atoms with Gasteiger partial charge in [0.15, 0.2) is 0 Å². The number of carbonyl (C=O) groups is 2. The van der Waals surface area contributed by atoms with E-state index in [-0.39, 0.29) is 24.9 Å². The molecule has 0 saturated heterocycles. The average Bonchev–Trinajstić information content (AvgIpc) is 3.26. The van der Waals surface area contributed by atoms with Gasteiger partial charge in [0.2, 0.25) is 5.91 Å². The number of hydrogen-bond acceptors (Lipinski definition) is 5. The first-order valence-electron chi connectivity index (χ1n) is 27.2. The van der Waals surface area contributed by atoms with Gasteiger partial charge < -0.3 is 20.3 Å². The summed E-state index contributed by atoms with van der Waals surface area (Å²) in [6.07, 6.45) is 59.1. The lowest BCUT2D eigenvalue weighted by atomic mass is 10.0. The normalized spacial score (nSPS) is 13.4. The van der Waals surface area contributed by atoms with Crippen molar-refractivity contribution in [3.63, 3.8) is 0 Å². The van der Waals surface area contributed by atoms with Gasteiger partial charge in [-0.05, 0) is 83.5 Å². The number of aliphatic hydroxyl groups excluding tert-OH is 2. The number of nitrogens with one attached hydrogen (secondary N) is 1. The number of aliphatic hydroxyl groups is 2. The lowest BCUT2D eigenvalue weighted by Crippen LogP contribution is -2.46. The fourth-order valence-corrected chi connectivity index (χ4v) is 8.28. The predicted octanol–water partition coefficient (Wildman–Crippen LogP) is 16.5. The van der Waals surface area contributed by atoms with Crippen molar-refractivity contribution < 1.29 is 24.5 Å². The number of allylic oxidation sites excluding steroid dienone is 6. The van der Waals surface area contributed by atoms with Gasteiger partial charge in [-0.25, -0.2) is 0 Å². The van der Waals surface area contributed by atoms with Gasteiger partial charge in [-0.3, -0.25) is 9.59 Å². The molecule has 0 aliphatic rings. The van der Waals surface area contributed by atoms with Crippen molar-refractivity contribution >= 4 is 11.9 Å². The Morgan fingerprint density at radius 1 is 0.468 bits per heavy atom. The average molecular weight is 872 g/mol. The highest BCUT2D eigenvalue weighted by Crippen LogP contribution is 2.18. The van der Waals surface area contributed by atoms with E-state index in [1.807, 2.05) is 0 Å². The van der Waals surface area contributed by atoms with Gasteiger partial charge in [-0.2, -0.15) is 0 Å². The minimum absolute atomic E-state index is 0.0687. The van der Waals surface area contributed by atoms with Crippen molar-refractivity contribution in [2.75, 3.05) is 6.61 Å². The molecule has 0 aromatic heterocycles. The topological polar surface area (TPSA) is 95.9 Å². The van der Waals surface area contributed by atoms with Crippen LogP contribution in [0.2, 0.25) is 0 Å². The van der Waals surface area contributed by atoms with Crippen LogP contribution in [-0.2, 0) is 14.3 Å². The molecule has 62 heavy (non-hydrogen) atoms. The fraction of sp³-hybridized carbons (Fsp3) is 0.857. The molecule has 0 heterocycles. The minimum Gasteiger partial charge on any atom is -0.462 e. The maximum Gasteiger partial charge on any atom is 0.306 e. The van der Waals surface area contributed by atoms with E-state index in [4.69, 9.17) is 4.74 Å². The standard InChI is InChI=1S/C56H105NO5/c1-4-7-10-13-16-19-22-25-27-28-29-30-32-35-38-41-44-47-52(62-56(61)49-46-43-40-37-34-31-26-23-20-17-14-11-8-5-2)50-55(60)57-53(51-58)54(59)48-45-42-39-36-33-24-21-18-15-12-9-6-3/h16,19,25,27,31,34,52-54,58-59H,4-15,17-18,20-24,26,28-30,32-33,35-51H2,1-3H3,(H,57,60)/b19-16-,27-25-,34-31-. The molecule has 0 rings (SSSR count). The first-order chi connectivity index (χ1) is 30.5. The SMILES string of the molecule is CCCCC/C=C\C/C=C\CCCCCCCCCC(CC(=O)NC(CO)C(O)CCCCCCCCCCCCCC)OC(=O)CCCCC/C=C\CCCCCCCCC. The Bertz CT molecular complexity index is 1020. The molecule has 0 aromatic carbocycles. The first kappa shape index (κ1) is 60.1. The number of esters is 1. The second-order valence-corrected chi connectivity index (χ2v) is 18.6. The summed E-state index contributed by atoms with van der Waals surface area (Å²) >= 11 is 0. The highest BCUT2D eigenvalue weighted by atomic mass is 16.5. The molecule has 3 N–H and O–H groups in total. The van der Waals surface area contributed by atoms with E-state index in [2.05, 4.69) is 62.5 Å². The second kappa shape index (κ2) is 50.1. The molecule has 364 valence electrons. The van der Waals surface area contributed by atoms with Crippen LogP contribution < -0.4 is 5.32 Å². The summed E-state index contributed by atoms with van der Waals surface area (Å²) in [5.41, 5.74) is 0. The van der Waals surface area contributed by atoms with Crippen molar-refractivity contribution in [1.29, 1.82) is 0 Å². The van der Waals surface area contributed by atoms with Crippen LogP contribution >= 0.6 is 0 Å². The van der Waals surface area contributed by atoms with Gasteiger partial charge in [0.25, 0.3) is 0 Å². The van der Waals surface area contributed by atoms with E-state index in [1.165, 1.54) is 161 Å². The van der Waals surface area contributed by atoms with Gasteiger partial charge in [0, 0.05) is 6.42 Å². The zero-order valence-electron chi connectivity index (χ0n) is 41.5. The summed E-state index contributed by atoms with van der Waals surface area (Å²) < 4.78 is 5.94. The number of amides is 1. The molecule has 1 amide bonds. The molecule has 0 aliphatic heterocycles. The number of ether oxygens (including phenoxy) is 1. The van der Waals surface area contributed by atoms with Gasteiger partial charge in [0.05, 0.1) is 25.2 Å². The van der Waals surface area contributed by atoms with Crippen molar-refractivity contribution in [2.24, 2.45) is 0 Å². The second-order valence-electron chi connectivity index (χ2n) is 18.6. The van der Waals surface area contributed by atoms with Crippen molar-refractivity contribution in [2.45, 2.75) is 302 Å². The monoisotopic (exact) mass is 872 g/mol. The Morgan fingerprint density at radius 2 is 0.823 bits per heavy atom. The summed E-state index contributed by atoms with van der Waals surface area (Å²) in [7, 11) is 0. The van der Waals surface area contributed by atoms with E-state index in [9.17, 15) is 19.8 Å². The van der Waals surface area contributed by atoms with E-state index >= 15 is 0 Å². The number of unbranched alkanes of at least 4 members (excludes halogenated alkanes) is 31. The van der Waals surface area contributed by atoms with Gasteiger partial charge >= 0.3 is 5.97 Å². The smallest absolute Gasteiger partial charge is 0.306 e. The molecule has 0 radical (unpaired) electrons. The van der Waals surface area contributed by atoms with E-state index in [1.54, 1.807) is 0 Å². The van der Waals surface area contributed by atoms with Crippen LogP contribution in [0, 0.1) is 0 Å². The number of hydrogen-bond donors (Lipinski definition) is 3. The van der Waals surface area contributed by atoms with E-state index in [0.717, 1.165) is 77.0 Å². The third-order valence-corrected chi connectivity index (χ3v) is 12.4. The first-order valence-corrected chi connectivity index (χ1v) is 27.2. The third kappa shape index (κ3) is 44.7. The maximum atomic E-state index is 13.2. The Labute approximate surface area is 385 Å². The van der Waals surface area contributed by atoms with E-state index in [0.29, 0.717) is 19.3 Å². The maximum absolute atomic E-state index is 13.2. The molecule has 6 heteroatoms. The van der Waals surface area contributed by atoms with Crippen LogP contribution in [0.15, 0.2) is 36.5 Å². The Kier molecular flexibility index (Phi) is 48.5. The Morgan fingerprint density at radius 3 is 1.27 bits per heavy atom. The Balaban J connectivity index is 4.60. The number of carbonyl (C=O) groups excluding carboxylic acids is 2. The van der Waals surface area contributed by atoms with Crippen LogP contribution in [0.25, 0.3) is 0 Å². The molecule has 0 fully saturated rings. The molecular weight excluding hydrogens is 767 g/mol. The highest BCUT2D eigenvalue weighted by molar-refractivity contribution is 5.77.